The summed E-state index contributed by atoms with van der Waals surface area (Å²) in [5.74, 6) is -0.883. The summed E-state index contributed by atoms with van der Waals surface area (Å²) in [5, 5.41) is 0. The van der Waals surface area contributed by atoms with Crippen LogP contribution in [0.25, 0.3) is 0 Å². The molecule has 5 nitrogen and oxygen atoms in total. The fraction of sp³-hybridized carbons (Fsp3) is 0.429. The van der Waals surface area contributed by atoms with Crippen molar-refractivity contribution in [2.75, 3.05) is 39.3 Å². The van der Waals surface area contributed by atoms with E-state index in [1.54, 1.807) is 24.3 Å². The largest absolute Gasteiger partial charge is 0.301 e. The molecule has 2 amide bonds. The molecular formula is C28H32ClF2N3O2. The Hall–Kier alpha value is -2.61. The van der Waals surface area contributed by atoms with Crippen molar-refractivity contribution in [3.8, 4) is 0 Å². The molecule has 0 N–H and O–H groups in total. The lowest BCUT2D eigenvalue weighted by molar-refractivity contribution is -0.140. The summed E-state index contributed by atoms with van der Waals surface area (Å²) in [7, 11) is 0. The molecule has 2 aromatic carbocycles. The Labute approximate surface area is 217 Å². The highest BCUT2D eigenvalue weighted by Gasteiger charge is 2.46. The van der Waals surface area contributed by atoms with Crippen LogP contribution in [0.5, 0.6) is 0 Å². The van der Waals surface area contributed by atoms with Gasteiger partial charge in [0.2, 0.25) is 11.8 Å². The molecule has 2 fully saturated rings. The van der Waals surface area contributed by atoms with Crippen LogP contribution in [0.2, 0.25) is 0 Å². The Morgan fingerprint density at radius 1 is 0.722 bits per heavy atom. The molecule has 3 aliphatic rings. The summed E-state index contributed by atoms with van der Waals surface area (Å²) in [6.07, 6.45) is 6.15. The maximum atomic E-state index is 13.5. The standard InChI is InChI=1S/C28H31F2N3O2.ClH/c29-22-10-6-20(7-11-22)26(21-8-12-23(30)13-9-21)32-18-16-31(17-19-32)14-3-15-33-27(34)24-4-1-2-5-25(24)28(33)35;/h1-2,6-13,24-26H,3-5,14-19H2;1H. The zero-order chi connectivity index (χ0) is 24.4. The van der Waals surface area contributed by atoms with Crippen LogP contribution in [0.15, 0.2) is 60.7 Å². The molecule has 5 rings (SSSR count). The van der Waals surface area contributed by atoms with E-state index in [4.69, 9.17) is 0 Å². The Morgan fingerprint density at radius 2 is 1.19 bits per heavy atom. The number of allylic oxidation sites excluding steroid dienone is 2. The summed E-state index contributed by atoms with van der Waals surface area (Å²) in [5.41, 5.74) is 1.96. The Morgan fingerprint density at radius 3 is 1.67 bits per heavy atom. The van der Waals surface area contributed by atoms with Gasteiger partial charge in [0.25, 0.3) is 0 Å². The van der Waals surface area contributed by atoms with Gasteiger partial charge in [-0.1, -0.05) is 36.4 Å². The van der Waals surface area contributed by atoms with Gasteiger partial charge in [-0.25, -0.2) is 8.78 Å². The van der Waals surface area contributed by atoms with Gasteiger partial charge in [-0.15, -0.1) is 12.4 Å². The van der Waals surface area contributed by atoms with Crippen molar-refractivity contribution in [2.24, 2.45) is 11.8 Å². The fourth-order valence-corrected chi connectivity index (χ4v) is 5.69. The first-order chi connectivity index (χ1) is 17.0. The van der Waals surface area contributed by atoms with E-state index in [0.29, 0.717) is 19.4 Å². The second-order valence-corrected chi connectivity index (χ2v) is 9.72. The number of fused-ring (bicyclic) bond motifs is 1. The van der Waals surface area contributed by atoms with Gasteiger partial charge in [0.15, 0.2) is 0 Å². The number of amides is 2. The van der Waals surface area contributed by atoms with Crippen molar-refractivity contribution < 1.29 is 18.4 Å². The summed E-state index contributed by atoms with van der Waals surface area (Å²) in [6.45, 7) is 4.66. The first-order valence-corrected chi connectivity index (χ1v) is 12.5. The molecule has 2 saturated heterocycles. The fourth-order valence-electron chi connectivity index (χ4n) is 5.69. The molecule has 0 spiro atoms. The van der Waals surface area contributed by atoms with Crippen LogP contribution in [0.4, 0.5) is 8.78 Å². The van der Waals surface area contributed by atoms with E-state index in [1.165, 1.54) is 29.2 Å². The quantitative estimate of drug-likeness (QED) is 0.404. The molecule has 0 radical (unpaired) electrons. The number of hydrogen-bond donors (Lipinski definition) is 0. The molecule has 2 atom stereocenters. The normalized spacial score (nSPS) is 22.7. The third-order valence-electron chi connectivity index (χ3n) is 7.60. The van der Waals surface area contributed by atoms with Crippen LogP contribution in [0.1, 0.15) is 36.4 Å². The topological polar surface area (TPSA) is 43.9 Å². The van der Waals surface area contributed by atoms with Crippen molar-refractivity contribution in [1.82, 2.24) is 14.7 Å². The van der Waals surface area contributed by atoms with E-state index < -0.39 is 0 Å². The SMILES string of the molecule is Cl.O=C1C2CC=CCC2C(=O)N1CCCN1CCN(C(c2ccc(F)cc2)c2ccc(F)cc2)CC1. The Kier molecular flexibility index (Phi) is 8.54. The van der Waals surface area contributed by atoms with Crippen molar-refractivity contribution in [3.05, 3.63) is 83.4 Å². The maximum Gasteiger partial charge on any atom is 0.233 e. The first kappa shape index (κ1) is 26.5. The number of carbonyl (C=O) groups excluding carboxylic acids is 2. The zero-order valence-electron chi connectivity index (χ0n) is 20.2. The lowest BCUT2D eigenvalue weighted by Crippen LogP contribution is -2.48. The second kappa shape index (κ2) is 11.6. The van der Waals surface area contributed by atoms with Crippen LogP contribution < -0.4 is 0 Å². The molecule has 192 valence electrons. The molecule has 2 heterocycles. The highest BCUT2D eigenvalue weighted by molar-refractivity contribution is 6.05. The predicted molar refractivity (Wildman–Crippen MR) is 137 cm³/mol. The molecule has 8 heteroatoms. The van der Waals surface area contributed by atoms with E-state index in [1.807, 2.05) is 12.2 Å². The third kappa shape index (κ3) is 5.53. The maximum absolute atomic E-state index is 13.5. The molecule has 2 unspecified atom stereocenters. The minimum Gasteiger partial charge on any atom is -0.301 e. The van der Waals surface area contributed by atoms with Crippen LogP contribution in [0.3, 0.4) is 0 Å². The first-order valence-electron chi connectivity index (χ1n) is 12.5. The number of nitrogens with zero attached hydrogens (tertiary/aromatic N) is 3. The van der Waals surface area contributed by atoms with Crippen molar-refractivity contribution in [1.29, 1.82) is 0 Å². The van der Waals surface area contributed by atoms with E-state index >= 15 is 0 Å². The van der Waals surface area contributed by atoms with Gasteiger partial charge in [-0.05, 0) is 61.2 Å². The molecule has 0 bridgehead atoms. The van der Waals surface area contributed by atoms with E-state index in [-0.39, 0.29) is 53.7 Å². The molecule has 2 aromatic rings. The molecule has 36 heavy (non-hydrogen) atoms. The number of piperazine rings is 1. The molecular weight excluding hydrogens is 484 g/mol. The average molecular weight is 516 g/mol. The number of benzene rings is 2. The van der Waals surface area contributed by atoms with Crippen LogP contribution in [0, 0.1) is 23.5 Å². The van der Waals surface area contributed by atoms with E-state index in [9.17, 15) is 18.4 Å². The highest BCUT2D eigenvalue weighted by Crippen LogP contribution is 2.35. The third-order valence-corrected chi connectivity index (χ3v) is 7.60. The number of halogens is 3. The number of likely N-dealkylation sites (tertiary alicyclic amines) is 1. The summed E-state index contributed by atoms with van der Waals surface area (Å²) >= 11 is 0. The summed E-state index contributed by atoms with van der Waals surface area (Å²) in [6, 6.07) is 13.0. The second-order valence-electron chi connectivity index (χ2n) is 9.72. The zero-order valence-corrected chi connectivity index (χ0v) is 21.0. The monoisotopic (exact) mass is 515 g/mol. The molecule has 1 aliphatic carbocycles. The van der Waals surface area contributed by atoms with Crippen LogP contribution >= 0.6 is 12.4 Å². The number of rotatable bonds is 7. The molecule has 2 aliphatic heterocycles. The predicted octanol–water partition coefficient (Wildman–Crippen LogP) is 4.43. The molecule has 0 saturated carbocycles. The van der Waals surface area contributed by atoms with Crippen LogP contribution in [-0.2, 0) is 9.59 Å². The van der Waals surface area contributed by atoms with Gasteiger partial charge in [-0.3, -0.25) is 19.4 Å². The number of imide groups is 1. The van der Waals surface area contributed by atoms with Gasteiger partial charge in [0.05, 0.1) is 17.9 Å². The minimum atomic E-state index is -0.276. The van der Waals surface area contributed by atoms with Gasteiger partial charge in [-0.2, -0.15) is 0 Å². The number of hydrogen-bond acceptors (Lipinski definition) is 4. The highest BCUT2D eigenvalue weighted by atomic mass is 35.5. The van der Waals surface area contributed by atoms with Gasteiger partial charge < -0.3 is 4.90 Å². The summed E-state index contributed by atoms with van der Waals surface area (Å²) < 4.78 is 27.1. The smallest absolute Gasteiger partial charge is 0.233 e. The van der Waals surface area contributed by atoms with E-state index in [0.717, 1.165) is 50.3 Å². The molecule has 0 aromatic heterocycles. The minimum absolute atomic E-state index is 0. The van der Waals surface area contributed by atoms with Crippen LogP contribution in [-0.4, -0.2) is 65.8 Å². The van der Waals surface area contributed by atoms with Crippen molar-refractivity contribution >= 4 is 24.2 Å². The number of carbonyl (C=O) groups is 2. The van der Waals surface area contributed by atoms with Crippen molar-refractivity contribution in [2.45, 2.75) is 25.3 Å². The summed E-state index contributed by atoms with van der Waals surface area (Å²) in [4.78, 5) is 31.5. The van der Waals surface area contributed by atoms with Gasteiger partial charge in [0.1, 0.15) is 11.6 Å². The van der Waals surface area contributed by atoms with E-state index in [2.05, 4.69) is 9.80 Å². The Bertz CT molecular complexity index is 1010. The lowest BCUT2D eigenvalue weighted by Gasteiger charge is -2.40. The average Bonchev–Trinajstić information content (AvgIpc) is 3.12. The van der Waals surface area contributed by atoms with Gasteiger partial charge in [0, 0.05) is 32.7 Å². The lowest BCUT2D eigenvalue weighted by atomic mass is 9.85. The van der Waals surface area contributed by atoms with Gasteiger partial charge >= 0.3 is 0 Å². The van der Waals surface area contributed by atoms with Crippen molar-refractivity contribution in [3.63, 3.8) is 0 Å². The Balaban J connectivity index is 0.00000304.